The standard InChI is InChI=1S/C48H77N3O9/c1-4-6-7-8-9-10-11-12-13-20-45(55)51(26-31-57-33-29-54)44-36-42(49-56-3)40-34-37(18-14-16-27-52)39(19-15-17-28-53)46-41-35-38(58-32-25-50-23-24-50)21-22-43(41)60-48(44,47(40)46)59-30-5-2/h5,21-22,34-35,37,39,44,46-47,52-54H,2,4,6-20,23-33,36H2,1,3H3. The van der Waals surface area contributed by atoms with E-state index in [4.69, 9.17) is 28.9 Å². The van der Waals surface area contributed by atoms with Gasteiger partial charge in [-0.25, -0.2) is 0 Å². The van der Waals surface area contributed by atoms with Gasteiger partial charge in [0.1, 0.15) is 31.3 Å². The molecular formula is C48H77N3O9. The first-order chi connectivity index (χ1) is 29.5. The Morgan fingerprint density at radius 2 is 1.68 bits per heavy atom. The second kappa shape index (κ2) is 25.8. The Balaban J connectivity index is 1.58. The van der Waals surface area contributed by atoms with Crippen LogP contribution in [0.2, 0.25) is 0 Å². The number of allylic oxidation sites excluding steroid dienone is 1. The fraction of sp³-hybridized carbons (Fsp3) is 0.750. The molecule has 1 amide bonds. The Labute approximate surface area is 360 Å². The van der Waals surface area contributed by atoms with Gasteiger partial charge in [0.2, 0.25) is 11.7 Å². The molecule has 0 bridgehead atoms. The molecule has 1 saturated carbocycles. The molecule has 12 nitrogen and oxygen atoms in total. The number of carbonyl (C=O) groups is 1. The first kappa shape index (κ1) is 48.0. The summed E-state index contributed by atoms with van der Waals surface area (Å²) in [6.45, 7) is 11.1. The lowest BCUT2D eigenvalue weighted by atomic mass is 9.55. The molecule has 1 aromatic carbocycles. The summed E-state index contributed by atoms with van der Waals surface area (Å²) in [6, 6.07) is 5.54. The summed E-state index contributed by atoms with van der Waals surface area (Å²) in [4.78, 5) is 24.6. The minimum atomic E-state index is -1.32. The number of hydrogen-bond acceptors (Lipinski definition) is 11. The maximum atomic E-state index is 14.7. The van der Waals surface area contributed by atoms with E-state index in [0.717, 1.165) is 87.2 Å². The fourth-order valence-corrected chi connectivity index (χ4v) is 9.95. The molecule has 12 heteroatoms. The number of aliphatic hydroxyl groups is 3. The van der Waals surface area contributed by atoms with E-state index in [2.05, 4.69) is 30.5 Å². The summed E-state index contributed by atoms with van der Waals surface area (Å²) in [5.41, 5.74) is 2.83. The van der Waals surface area contributed by atoms with Gasteiger partial charge in [-0.15, -0.1) is 6.58 Å². The molecule has 0 spiro atoms. The van der Waals surface area contributed by atoms with Gasteiger partial charge in [0.25, 0.3) is 0 Å². The summed E-state index contributed by atoms with van der Waals surface area (Å²) in [5, 5.41) is 34.0. The molecule has 2 fully saturated rings. The maximum Gasteiger partial charge on any atom is 0.239 e. The molecular weight excluding hydrogens is 763 g/mol. The number of carbonyl (C=O) groups excluding carboxylic acids is 1. The van der Waals surface area contributed by atoms with Gasteiger partial charge >= 0.3 is 0 Å². The third-order valence-corrected chi connectivity index (χ3v) is 13.0. The number of ether oxygens (including phenoxy) is 4. The van der Waals surface area contributed by atoms with Crippen LogP contribution in [0.4, 0.5) is 0 Å². The van der Waals surface area contributed by atoms with Gasteiger partial charge in [-0.2, -0.15) is 0 Å². The molecule has 60 heavy (non-hydrogen) atoms. The molecule has 1 saturated heterocycles. The average molecular weight is 840 g/mol. The van der Waals surface area contributed by atoms with Gasteiger partial charge in [0.05, 0.1) is 38.1 Å². The Hall–Kier alpha value is -3.00. The van der Waals surface area contributed by atoms with Crippen LogP contribution in [-0.2, 0) is 19.1 Å². The molecule has 2 aliphatic carbocycles. The van der Waals surface area contributed by atoms with Crippen molar-refractivity contribution in [1.82, 2.24) is 9.80 Å². The van der Waals surface area contributed by atoms with Crippen LogP contribution >= 0.6 is 0 Å². The monoisotopic (exact) mass is 840 g/mol. The first-order valence-corrected chi connectivity index (χ1v) is 23.4. The third kappa shape index (κ3) is 13.0. The van der Waals surface area contributed by atoms with Crippen LogP contribution in [0, 0.1) is 17.8 Å². The molecule has 338 valence electrons. The lowest BCUT2D eigenvalue weighted by Crippen LogP contribution is -2.70. The zero-order chi connectivity index (χ0) is 42.6. The Bertz CT molecular complexity index is 1500. The van der Waals surface area contributed by atoms with Crippen molar-refractivity contribution in [2.45, 2.75) is 134 Å². The van der Waals surface area contributed by atoms with Crippen molar-refractivity contribution < 1.29 is 43.9 Å². The highest BCUT2D eigenvalue weighted by Crippen LogP contribution is 2.62. The SMILES string of the molecule is C=CCOC12Oc3ccc(OCCN4CC4)cc3C3C(CCCCO)C(CCCCO)C=C(C(=NOC)CC1N(CCOCCO)C(=O)CCCCCCCCCCC)C32. The summed E-state index contributed by atoms with van der Waals surface area (Å²) >= 11 is 0. The summed E-state index contributed by atoms with van der Waals surface area (Å²) in [5.74, 6) is -0.0117. The van der Waals surface area contributed by atoms with Gasteiger partial charge in [-0.05, 0) is 67.7 Å². The predicted molar refractivity (Wildman–Crippen MR) is 235 cm³/mol. The van der Waals surface area contributed by atoms with E-state index >= 15 is 0 Å². The number of oxime groups is 1. The van der Waals surface area contributed by atoms with Crippen molar-refractivity contribution in [3.63, 3.8) is 0 Å². The van der Waals surface area contributed by atoms with Crippen molar-refractivity contribution in [3.05, 3.63) is 48.1 Å². The zero-order valence-electron chi connectivity index (χ0n) is 36.9. The van der Waals surface area contributed by atoms with E-state index in [1.807, 2.05) is 17.0 Å². The lowest BCUT2D eigenvalue weighted by molar-refractivity contribution is -0.258. The Kier molecular flexibility index (Phi) is 20.7. The molecule has 2 heterocycles. The largest absolute Gasteiger partial charge is 0.492 e. The number of rotatable bonds is 32. The van der Waals surface area contributed by atoms with Crippen LogP contribution in [0.25, 0.3) is 0 Å². The molecule has 0 aromatic heterocycles. The quantitative estimate of drug-likeness (QED) is 0.0291. The van der Waals surface area contributed by atoms with E-state index in [9.17, 15) is 20.1 Å². The van der Waals surface area contributed by atoms with E-state index < -0.39 is 11.8 Å². The molecule has 4 aliphatic rings. The first-order valence-electron chi connectivity index (χ1n) is 23.4. The molecule has 2 aliphatic heterocycles. The van der Waals surface area contributed by atoms with Crippen LogP contribution in [0.15, 0.2) is 47.7 Å². The summed E-state index contributed by atoms with van der Waals surface area (Å²) < 4.78 is 26.7. The molecule has 1 aromatic rings. The summed E-state index contributed by atoms with van der Waals surface area (Å²) in [6.07, 6.45) is 20.1. The number of unbranched alkanes of at least 4 members (excludes halogenated alkanes) is 10. The highest BCUT2D eigenvalue weighted by atomic mass is 16.7. The van der Waals surface area contributed by atoms with Gasteiger partial charge in [0.15, 0.2) is 0 Å². The minimum Gasteiger partial charge on any atom is -0.492 e. The highest BCUT2D eigenvalue weighted by Gasteiger charge is 2.65. The topological polar surface area (TPSA) is 143 Å². The second-order valence-corrected chi connectivity index (χ2v) is 17.1. The second-order valence-electron chi connectivity index (χ2n) is 17.1. The van der Waals surface area contributed by atoms with Crippen molar-refractivity contribution in [1.29, 1.82) is 0 Å². The average Bonchev–Trinajstić information content (AvgIpc) is 4.09. The minimum absolute atomic E-state index is 0.0135. The van der Waals surface area contributed by atoms with Crippen molar-refractivity contribution in [2.24, 2.45) is 22.9 Å². The fourth-order valence-electron chi connectivity index (χ4n) is 9.95. The molecule has 3 N–H and O–H groups in total. The normalized spacial score (nSPS) is 24.9. The highest BCUT2D eigenvalue weighted by molar-refractivity contribution is 6.03. The van der Waals surface area contributed by atoms with Gasteiger partial charge in [-0.3, -0.25) is 9.69 Å². The zero-order valence-corrected chi connectivity index (χ0v) is 36.9. The van der Waals surface area contributed by atoms with Gasteiger partial charge < -0.3 is 44.0 Å². The van der Waals surface area contributed by atoms with Crippen LogP contribution in [0.1, 0.15) is 128 Å². The number of nitrogens with zero attached hydrogens (tertiary/aromatic N) is 3. The van der Waals surface area contributed by atoms with Crippen molar-refractivity contribution in [3.8, 4) is 11.5 Å². The number of hydrogen-bond donors (Lipinski definition) is 3. The number of benzene rings is 1. The molecule has 0 radical (unpaired) electrons. The predicted octanol–water partition coefficient (Wildman–Crippen LogP) is 7.40. The van der Waals surface area contributed by atoms with Crippen LogP contribution in [0.3, 0.4) is 0 Å². The number of amides is 1. The molecule has 6 atom stereocenters. The van der Waals surface area contributed by atoms with E-state index in [-0.39, 0.29) is 69.2 Å². The van der Waals surface area contributed by atoms with Crippen LogP contribution in [0.5, 0.6) is 11.5 Å². The molecule has 5 rings (SSSR count). The number of fused-ring (bicyclic) bond motifs is 2. The van der Waals surface area contributed by atoms with Gasteiger partial charge in [-0.1, -0.05) is 88.4 Å². The summed E-state index contributed by atoms with van der Waals surface area (Å²) in [7, 11) is 1.57. The van der Waals surface area contributed by atoms with E-state index in [1.54, 1.807) is 13.2 Å². The van der Waals surface area contributed by atoms with E-state index in [1.165, 1.54) is 38.5 Å². The molecule has 6 unspecified atom stereocenters. The van der Waals surface area contributed by atoms with Gasteiger partial charge in [0, 0.05) is 63.7 Å². The van der Waals surface area contributed by atoms with Crippen LogP contribution in [-0.4, -0.2) is 128 Å². The van der Waals surface area contributed by atoms with Crippen LogP contribution < -0.4 is 9.47 Å². The third-order valence-electron chi connectivity index (χ3n) is 13.0. The van der Waals surface area contributed by atoms with Crippen molar-refractivity contribution in [2.75, 3.05) is 79.5 Å². The lowest BCUT2D eigenvalue weighted by Gasteiger charge is -2.60. The smallest absolute Gasteiger partial charge is 0.239 e. The number of aliphatic hydroxyl groups excluding tert-OH is 3. The maximum absolute atomic E-state index is 14.7. The Morgan fingerprint density at radius 3 is 2.37 bits per heavy atom. The van der Waals surface area contributed by atoms with Crippen molar-refractivity contribution >= 4 is 11.6 Å². The Morgan fingerprint density at radius 1 is 0.950 bits per heavy atom. The van der Waals surface area contributed by atoms with E-state index in [0.29, 0.717) is 44.6 Å².